The predicted molar refractivity (Wildman–Crippen MR) is 168 cm³/mol. The molecule has 4 nitrogen and oxygen atoms in total. The summed E-state index contributed by atoms with van der Waals surface area (Å²) in [7, 11) is 0. The van der Waals surface area contributed by atoms with E-state index in [1.807, 2.05) is 18.2 Å². The number of aromatic hydroxyl groups is 1. The van der Waals surface area contributed by atoms with Gasteiger partial charge in [-0.15, -0.1) is 0 Å². The summed E-state index contributed by atoms with van der Waals surface area (Å²) >= 11 is 0. The first-order chi connectivity index (χ1) is 20.0. The van der Waals surface area contributed by atoms with Crippen LogP contribution in [-0.4, -0.2) is 19.6 Å². The highest BCUT2D eigenvalue weighted by Crippen LogP contribution is 2.39. The molecule has 0 atom stereocenters. The summed E-state index contributed by atoms with van der Waals surface area (Å²) in [6.07, 6.45) is 4.66. The molecule has 2 aromatic heterocycles. The summed E-state index contributed by atoms with van der Waals surface area (Å²) in [5.41, 5.74) is 14.2. The SMILES string of the molecule is Cc1cc(C)c(-n2c(-c3ccccc3O)nc3c(-c4cccc(-c5ccc6c(n5)CCCC6)c4)cccc32)c(C)c1. The molecule has 1 aliphatic rings. The molecule has 0 radical (unpaired) electrons. The van der Waals surface area contributed by atoms with Crippen molar-refractivity contribution in [3.05, 3.63) is 119 Å². The van der Waals surface area contributed by atoms with Crippen molar-refractivity contribution in [2.45, 2.75) is 46.5 Å². The lowest BCUT2D eigenvalue weighted by atomic mass is 9.94. The Hall–Kier alpha value is -4.70. The van der Waals surface area contributed by atoms with Gasteiger partial charge in [-0.1, -0.05) is 66.2 Å². The number of hydrogen-bond donors (Lipinski definition) is 1. The topological polar surface area (TPSA) is 50.9 Å². The van der Waals surface area contributed by atoms with E-state index in [9.17, 15) is 5.11 Å². The van der Waals surface area contributed by atoms with Gasteiger partial charge in [0.25, 0.3) is 0 Å². The summed E-state index contributed by atoms with van der Waals surface area (Å²) in [5.74, 6) is 0.946. The van der Waals surface area contributed by atoms with Gasteiger partial charge in [0.15, 0.2) is 0 Å². The van der Waals surface area contributed by atoms with Crippen LogP contribution in [0.3, 0.4) is 0 Å². The molecule has 6 aromatic rings. The number of pyridine rings is 1. The fraction of sp³-hybridized carbons (Fsp3) is 0.189. The number of phenolic OH excluding ortho intramolecular Hbond substituents is 1. The Kier molecular flexibility index (Phi) is 6.19. The molecule has 4 heteroatoms. The number of nitrogens with zero attached hydrogens (tertiary/aromatic N) is 3. The maximum absolute atomic E-state index is 10.9. The lowest BCUT2D eigenvalue weighted by molar-refractivity contribution is 0.477. The molecule has 0 saturated heterocycles. The van der Waals surface area contributed by atoms with Crippen molar-refractivity contribution in [2.24, 2.45) is 0 Å². The van der Waals surface area contributed by atoms with Crippen LogP contribution in [0.1, 0.15) is 40.8 Å². The van der Waals surface area contributed by atoms with Gasteiger partial charge in [-0.2, -0.15) is 0 Å². The minimum atomic E-state index is 0.216. The normalized spacial score (nSPS) is 13.0. The zero-order valence-corrected chi connectivity index (χ0v) is 23.8. The number of benzene rings is 4. The van der Waals surface area contributed by atoms with E-state index in [-0.39, 0.29) is 5.75 Å². The Morgan fingerprint density at radius 3 is 2.24 bits per heavy atom. The van der Waals surface area contributed by atoms with Gasteiger partial charge in [-0.05, 0) is 99.0 Å². The highest BCUT2D eigenvalue weighted by atomic mass is 16.3. The van der Waals surface area contributed by atoms with Gasteiger partial charge in [-0.3, -0.25) is 9.55 Å². The van der Waals surface area contributed by atoms with Crippen molar-refractivity contribution >= 4 is 11.0 Å². The summed E-state index contributed by atoms with van der Waals surface area (Å²) in [6.45, 7) is 6.42. The van der Waals surface area contributed by atoms with Crippen LogP contribution >= 0.6 is 0 Å². The zero-order chi connectivity index (χ0) is 28.1. The second kappa shape index (κ2) is 10.0. The number of aromatic nitrogens is 3. The average molecular weight is 536 g/mol. The van der Waals surface area contributed by atoms with Crippen LogP contribution in [-0.2, 0) is 12.8 Å². The lowest BCUT2D eigenvalue weighted by Crippen LogP contribution is -2.05. The third-order valence-corrected chi connectivity index (χ3v) is 8.34. The molecule has 7 rings (SSSR count). The van der Waals surface area contributed by atoms with E-state index in [0.29, 0.717) is 5.56 Å². The molecule has 0 amide bonds. The summed E-state index contributed by atoms with van der Waals surface area (Å²) < 4.78 is 2.22. The smallest absolute Gasteiger partial charge is 0.149 e. The number of phenols is 1. The van der Waals surface area contributed by atoms with Crippen LogP contribution in [0.4, 0.5) is 0 Å². The Balaban J connectivity index is 1.45. The van der Waals surface area contributed by atoms with Gasteiger partial charge in [0, 0.05) is 16.8 Å². The van der Waals surface area contributed by atoms with Gasteiger partial charge in [-0.25, -0.2) is 4.98 Å². The summed E-state index contributed by atoms with van der Waals surface area (Å²) in [6, 6.07) is 31.3. The summed E-state index contributed by atoms with van der Waals surface area (Å²) in [5, 5.41) is 10.9. The third-order valence-electron chi connectivity index (χ3n) is 8.34. The second-order valence-corrected chi connectivity index (χ2v) is 11.3. The Morgan fingerprint density at radius 1 is 0.683 bits per heavy atom. The molecule has 0 unspecified atom stereocenters. The van der Waals surface area contributed by atoms with E-state index >= 15 is 0 Å². The van der Waals surface area contributed by atoms with E-state index in [1.165, 1.54) is 40.8 Å². The number of hydrogen-bond acceptors (Lipinski definition) is 3. The molecule has 0 saturated carbocycles. The predicted octanol–water partition coefficient (Wildman–Crippen LogP) is 8.93. The maximum atomic E-state index is 10.9. The molecule has 0 fully saturated rings. The van der Waals surface area contributed by atoms with Crippen molar-refractivity contribution in [1.82, 2.24) is 14.5 Å². The van der Waals surface area contributed by atoms with Crippen LogP contribution in [0.25, 0.3) is 50.5 Å². The number of rotatable bonds is 4. The number of para-hydroxylation sites is 2. The molecule has 0 aliphatic heterocycles. The molecular weight excluding hydrogens is 502 g/mol. The molecule has 4 aromatic carbocycles. The third kappa shape index (κ3) is 4.40. The number of fused-ring (bicyclic) bond motifs is 2. The fourth-order valence-electron chi connectivity index (χ4n) is 6.52. The van der Waals surface area contributed by atoms with Crippen LogP contribution in [0.15, 0.2) is 91.0 Å². The molecule has 202 valence electrons. The van der Waals surface area contributed by atoms with Crippen molar-refractivity contribution < 1.29 is 5.11 Å². The minimum absolute atomic E-state index is 0.216. The summed E-state index contributed by atoms with van der Waals surface area (Å²) in [4.78, 5) is 10.3. The molecule has 0 bridgehead atoms. The van der Waals surface area contributed by atoms with E-state index in [1.54, 1.807) is 6.07 Å². The monoisotopic (exact) mass is 535 g/mol. The Labute approximate surface area is 241 Å². The first-order valence-corrected chi connectivity index (χ1v) is 14.5. The zero-order valence-electron chi connectivity index (χ0n) is 23.8. The first-order valence-electron chi connectivity index (χ1n) is 14.5. The van der Waals surface area contributed by atoms with Gasteiger partial charge >= 0.3 is 0 Å². The van der Waals surface area contributed by atoms with Crippen molar-refractivity contribution in [1.29, 1.82) is 0 Å². The highest BCUT2D eigenvalue weighted by Gasteiger charge is 2.22. The number of aryl methyl sites for hydroxylation is 5. The molecule has 1 N–H and O–H groups in total. The van der Waals surface area contributed by atoms with Gasteiger partial charge in [0.2, 0.25) is 0 Å². The quantitative estimate of drug-likeness (QED) is 0.245. The molecule has 41 heavy (non-hydrogen) atoms. The second-order valence-electron chi connectivity index (χ2n) is 11.3. The van der Waals surface area contributed by atoms with E-state index in [0.717, 1.165) is 57.8 Å². The van der Waals surface area contributed by atoms with Gasteiger partial charge in [0.05, 0.1) is 28.0 Å². The highest BCUT2D eigenvalue weighted by molar-refractivity contribution is 5.96. The molecule has 1 aliphatic carbocycles. The van der Waals surface area contributed by atoms with Gasteiger partial charge in [0.1, 0.15) is 11.6 Å². The Morgan fingerprint density at radius 2 is 1.41 bits per heavy atom. The van der Waals surface area contributed by atoms with Gasteiger partial charge < -0.3 is 5.11 Å². The first kappa shape index (κ1) is 25.3. The average Bonchev–Trinajstić information content (AvgIpc) is 3.36. The van der Waals surface area contributed by atoms with Crippen LogP contribution in [0, 0.1) is 20.8 Å². The fourth-order valence-corrected chi connectivity index (χ4v) is 6.52. The Bertz CT molecular complexity index is 1930. The largest absolute Gasteiger partial charge is 0.507 e. The van der Waals surface area contributed by atoms with Crippen molar-refractivity contribution in [3.8, 4) is 45.2 Å². The van der Waals surface area contributed by atoms with E-state index in [2.05, 4.69) is 92.1 Å². The van der Waals surface area contributed by atoms with Crippen LogP contribution in [0.5, 0.6) is 5.75 Å². The van der Waals surface area contributed by atoms with E-state index in [4.69, 9.17) is 9.97 Å². The van der Waals surface area contributed by atoms with Crippen molar-refractivity contribution in [3.63, 3.8) is 0 Å². The van der Waals surface area contributed by atoms with Crippen LogP contribution < -0.4 is 0 Å². The lowest BCUT2D eigenvalue weighted by Gasteiger charge is -2.17. The van der Waals surface area contributed by atoms with Crippen molar-refractivity contribution in [2.75, 3.05) is 0 Å². The molecule has 0 spiro atoms. The van der Waals surface area contributed by atoms with Crippen LogP contribution in [0.2, 0.25) is 0 Å². The number of imidazole rings is 1. The molecular formula is C37H33N3O. The minimum Gasteiger partial charge on any atom is -0.507 e. The van der Waals surface area contributed by atoms with E-state index < -0.39 is 0 Å². The standard InChI is InChI=1S/C37H33N3O/c1-23-20-24(2)36(25(3)21-23)40-33-16-9-14-29(35(33)39-37(40)30-13-5-7-17-34(30)41)27-11-8-12-28(22-27)32-19-18-26-10-4-6-15-31(26)38-32/h5,7-9,11-14,16-22,41H,4,6,10,15H2,1-3H3. The molecule has 2 heterocycles. The maximum Gasteiger partial charge on any atom is 0.149 e.